The molecule has 2 heterocycles. The number of nitrogens with zero attached hydrogens (tertiary/aromatic N) is 1. The molecule has 0 radical (unpaired) electrons. The minimum Gasteiger partial charge on any atom is -0.455 e. The number of halogens is 2. The number of pyridine rings is 1. The van der Waals surface area contributed by atoms with Gasteiger partial charge in [0.15, 0.2) is 5.43 Å². The van der Waals surface area contributed by atoms with Gasteiger partial charge in [0, 0.05) is 22.9 Å². The van der Waals surface area contributed by atoms with Crippen molar-refractivity contribution in [1.29, 1.82) is 0 Å². The molecule has 6 heteroatoms. The minimum absolute atomic E-state index is 0.205. The van der Waals surface area contributed by atoms with E-state index in [4.69, 9.17) is 4.42 Å². The van der Waals surface area contributed by atoms with Gasteiger partial charge >= 0.3 is 0 Å². The Morgan fingerprint density at radius 2 is 1.56 bits per heavy atom. The average molecular weight is 483 g/mol. The Bertz CT molecular complexity index is 1660. The van der Waals surface area contributed by atoms with Gasteiger partial charge in [0.05, 0.1) is 28.4 Å². The Morgan fingerprint density at radius 1 is 0.889 bits per heavy atom. The molecule has 0 saturated carbocycles. The van der Waals surface area contributed by atoms with Gasteiger partial charge in [-0.05, 0) is 68.8 Å². The molecule has 0 aliphatic rings. The third-order valence-corrected chi connectivity index (χ3v) is 6.29. The molecule has 0 amide bonds. The van der Waals surface area contributed by atoms with E-state index < -0.39 is 5.82 Å². The zero-order valence-electron chi connectivity index (χ0n) is 20.1. The molecule has 0 fully saturated rings. The van der Waals surface area contributed by atoms with Crippen molar-refractivity contribution in [2.75, 3.05) is 5.32 Å². The molecule has 0 saturated heterocycles. The lowest BCUT2D eigenvalue weighted by atomic mass is 9.98. The molecule has 3 aromatic carbocycles. The predicted octanol–water partition coefficient (Wildman–Crippen LogP) is 7.59. The van der Waals surface area contributed by atoms with Crippen molar-refractivity contribution in [3.8, 4) is 22.6 Å². The molecule has 36 heavy (non-hydrogen) atoms. The van der Waals surface area contributed by atoms with E-state index in [1.54, 1.807) is 61.7 Å². The van der Waals surface area contributed by atoms with Crippen LogP contribution in [-0.4, -0.2) is 4.98 Å². The van der Waals surface area contributed by atoms with Gasteiger partial charge in [-0.25, -0.2) is 8.78 Å². The van der Waals surface area contributed by atoms with Crippen LogP contribution in [0.1, 0.15) is 29.7 Å². The molecular weight excluding hydrogens is 458 g/mol. The van der Waals surface area contributed by atoms with Crippen LogP contribution in [0.5, 0.6) is 0 Å². The van der Waals surface area contributed by atoms with E-state index in [2.05, 4.69) is 10.3 Å². The van der Waals surface area contributed by atoms with Crippen LogP contribution in [0.4, 0.5) is 14.5 Å². The summed E-state index contributed by atoms with van der Waals surface area (Å²) < 4.78 is 35.4. The summed E-state index contributed by atoms with van der Waals surface area (Å²) in [5.41, 5.74) is 3.85. The van der Waals surface area contributed by atoms with Crippen LogP contribution in [0.15, 0.2) is 88.2 Å². The van der Waals surface area contributed by atoms with Crippen molar-refractivity contribution >= 4 is 16.7 Å². The first-order valence-corrected chi connectivity index (χ1v) is 11.6. The molecule has 4 nitrogen and oxygen atoms in total. The number of hydrogen-bond acceptors (Lipinski definition) is 4. The summed E-state index contributed by atoms with van der Waals surface area (Å²) in [6, 6.07) is 19.7. The van der Waals surface area contributed by atoms with Crippen LogP contribution in [0.3, 0.4) is 0 Å². The Hall–Kier alpha value is -4.32. The van der Waals surface area contributed by atoms with E-state index in [0.717, 1.165) is 11.1 Å². The maximum Gasteiger partial charge on any atom is 0.196 e. The first kappa shape index (κ1) is 23.4. The van der Waals surface area contributed by atoms with Gasteiger partial charge in [-0.1, -0.05) is 30.3 Å². The number of aromatic nitrogens is 1. The van der Waals surface area contributed by atoms with Crippen LogP contribution in [0.25, 0.3) is 33.6 Å². The Labute approximate surface area is 207 Å². The number of anilines is 1. The van der Waals surface area contributed by atoms with Crippen molar-refractivity contribution in [1.82, 2.24) is 4.98 Å². The van der Waals surface area contributed by atoms with Gasteiger partial charge in [0.2, 0.25) is 0 Å². The smallest absolute Gasteiger partial charge is 0.196 e. The fourth-order valence-electron chi connectivity index (χ4n) is 4.49. The van der Waals surface area contributed by atoms with Crippen LogP contribution >= 0.6 is 0 Å². The average Bonchev–Trinajstić information content (AvgIpc) is 2.87. The topological polar surface area (TPSA) is 55.1 Å². The summed E-state index contributed by atoms with van der Waals surface area (Å²) in [7, 11) is 0. The molecule has 5 aromatic rings. The second-order valence-electron chi connectivity index (χ2n) is 8.84. The highest BCUT2D eigenvalue weighted by molar-refractivity contribution is 5.85. The van der Waals surface area contributed by atoms with E-state index in [0.29, 0.717) is 33.5 Å². The lowest BCUT2D eigenvalue weighted by Crippen LogP contribution is -2.13. The molecular formula is C30H24F2N2O2. The lowest BCUT2D eigenvalue weighted by molar-refractivity contribution is 0.586. The highest BCUT2D eigenvalue weighted by Crippen LogP contribution is 2.35. The van der Waals surface area contributed by atoms with E-state index in [9.17, 15) is 13.6 Å². The summed E-state index contributed by atoms with van der Waals surface area (Å²) in [4.78, 5) is 17.7. The number of nitrogens with one attached hydrogen (secondary N) is 1. The molecule has 1 unspecified atom stereocenters. The SMILES string of the molecule is Cc1cc(C(C)Nc2cccnc2-c2ccccc2F)c2oc(-c3ccccc3F)c(C)c(=O)c2c1. The van der Waals surface area contributed by atoms with Crippen LogP contribution < -0.4 is 10.7 Å². The van der Waals surface area contributed by atoms with Crippen LogP contribution in [0.2, 0.25) is 0 Å². The normalized spacial score (nSPS) is 12.0. The third-order valence-electron chi connectivity index (χ3n) is 6.29. The zero-order chi connectivity index (χ0) is 25.4. The molecule has 0 bridgehead atoms. The number of benzene rings is 3. The first-order chi connectivity index (χ1) is 17.3. The Morgan fingerprint density at radius 3 is 2.25 bits per heavy atom. The van der Waals surface area contributed by atoms with E-state index >= 15 is 0 Å². The van der Waals surface area contributed by atoms with Gasteiger partial charge in [0.1, 0.15) is 23.0 Å². The maximum atomic E-state index is 14.6. The molecule has 5 rings (SSSR count). The molecule has 180 valence electrons. The van der Waals surface area contributed by atoms with Gasteiger partial charge < -0.3 is 9.73 Å². The van der Waals surface area contributed by atoms with Crippen molar-refractivity contribution in [3.05, 3.63) is 118 Å². The molecule has 0 aliphatic carbocycles. The molecule has 0 aliphatic heterocycles. The molecule has 1 N–H and O–H groups in total. The number of fused-ring (bicyclic) bond motifs is 1. The van der Waals surface area contributed by atoms with Crippen LogP contribution in [0, 0.1) is 25.5 Å². The third kappa shape index (κ3) is 4.15. The van der Waals surface area contributed by atoms with Gasteiger partial charge in [0.25, 0.3) is 0 Å². The fourth-order valence-corrected chi connectivity index (χ4v) is 4.49. The van der Waals surface area contributed by atoms with Crippen molar-refractivity contribution in [2.45, 2.75) is 26.8 Å². The molecule has 0 spiro atoms. The first-order valence-electron chi connectivity index (χ1n) is 11.6. The zero-order valence-corrected chi connectivity index (χ0v) is 20.1. The summed E-state index contributed by atoms with van der Waals surface area (Å²) in [6.45, 7) is 5.48. The standard InChI is InChI=1S/C30H24F2N2O2/c1-17-15-22(19(3)34-26-13-8-14-33-27(26)20-9-4-6-11-24(20)31)30-23(16-17)28(35)18(2)29(36-30)21-10-5-7-12-25(21)32/h4-16,19,34H,1-3H3. The largest absolute Gasteiger partial charge is 0.455 e. The molecule has 1 atom stereocenters. The second-order valence-corrected chi connectivity index (χ2v) is 8.84. The van der Waals surface area contributed by atoms with Crippen molar-refractivity contribution in [2.24, 2.45) is 0 Å². The van der Waals surface area contributed by atoms with Gasteiger partial charge in [-0.3, -0.25) is 9.78 Å². The van der Waals surface area contributed by atoms with E-state index in [1.165, 1.54) is 12.1 Å². The fraction of sp³-hybridized carbons (Fsp3) is 0.133. The number of rotatable bonds is 5. The summed E-state index contributed by atoms with van der Waals surface area (Å²) in [5, 5.41) is 3.84. The highest BCUT2D eigenvalue weighted by Gasteiger charge is 2.21. The van der Waals surface area contributed by atoms with E-state index in [-0.39, 0.29) is 28.6 Å². The quantitative estimate of drug-likeness (QED) is 0.280. The predicted molar refractivity (Wildman–Crippen MR) is 139 cm³/mol. The summed E-state index contributed by atoms with van der Waals surface area (Å²) >= 11 is 0. The molecule has 2 aromatic heterocycles. The highest BCUT2D eigenvalue weighted by atomic mass is 19.1. The van der Waals surface area contributed by atoms with Gasteiger partial charge in [-0.2, -0.15) is 0 Å². The minimum atomic E-state index is -0.465. The maximum absolute atomic E-state index is 14.6. The van der Waals surface area contributed by atoms with Crippen molar-refractivity contribution in [3.63, 3.8) is 0 Å². The monoisotopic (exact) mass is 482 g/mol. The number of aryl methyl sites for hydroxylation is 1. The van der Waals surface area contributed by atoms with Crippen molar-refractivity contribution < 1.29 is 13.2 Å². The Balaban J connectivity index is 1.65. The summed E-state index contributed by atoms with van der Waals surface area (Å²) in [6.07, 6.45) is 1.61. The van der Waals surface area contributed by atoms with E-state index in [1.807, 2.05) is 26.0 Å². The number of hydrogen-bond donors (Lipinski definition) is 1. The summed E-state index contributed by atoms with van der Waals surface area (Å²) in [5.74, 6) is -0.631. The Kier molecular flexibility index (Phi) is 6.10. The van der Waals surface area contributed by atoms with Crippen LogP contribution in [-0.2, 0) is 0 Å². The lowest BCUT2D eigenvalue weighted by Gasteiger charge is -2.20. The second kappa shape index (κ2) is 9.38. The van der Waals surface area contributed by atoms with Gasteiger partial charge in [-0.15, -0.1) is 0 Å².